The molecular weight excluding hydrogens is 330 g/mol. The van der Waals surface area contributed by atoms with Gasteiger partial charge in [0.1, 0.15) is 0 Å². The van der Waals surface area contributed by atoms with E-state index < -0.39 is 11.9 Å². The van der Waals surface area contributed by atoms with E-state index in [-0.39, 0.29) is 16.7 Å². The van der Waals surface area contributed by atoms with Crippen molar-refractivity contribution in [3.8, 4) is 11.1 Å². The van der Waals surface area contributed by atoms with Crippen LogP contribution in [0, 0.1) is 12.8 Å². The minimum atomic E-state index is -1.12. The van der Waals surface area contributed by atoms with Gasteiger partial charge in [-0.25, -0.2) is 9.59 Å². The SMILES string of the molecule is Cc1c(C(=O)O)cc(-c2ccccc2NCC2CCCC2)cc1C(=O)O. The molecule has 2 aromatic carbocycles. The zero-order valence-electron chi connectivity index (χ0n) is 14.8. The van der Waals surface area contributed by atoms with Crippen LogP contribution < -0.4 is 5.32 Å². The first-order valence-electron chi connectivity index (χ1n) is 8.92. The maximum absolute atomic E-state index is 11.6. The zero-order valence-corrected chi connectivity index (χ0v) is 14.8. The van der Waals surface area contributed by atoms with Crippen molar-refractivity contribution in [3.05, 3.63) is 53.1 Å². The topological polar surface area (TPSA) is 86.6 Å². The molecular formula is C21H23NO4. The molecule has 1 fully saturated rings. The molecule has 26 heavy (non-hydrogen) atoms. The average Bonchev–Trinajstić information content (AvgIpc) is 3.13. The maximum atomic E-state index is 11.6. The number of carboxylic acid groups (broad SMARTS) is 2. The molecule has 0 aromatic heterocycles. The molecule has 1 aliphatic carbocycles. The van der Waals surface area contributed by atoms with Crippen LogP contribution in [0.25, 0.3) is 11.1 Å². The van der Waals surface area contributed by atoms with Gasteiger partial charge < -0.3 is 15.5 Å². The predicted octanol–water partition coefficient (Wildman–Crippen LogP) is 4.66. The van der Waals surface area contributed by atoms with Gasteiger partial charge in [-0.2, -0.15) is 0 Å². The fourth-order valence-electron chi connectivity index (χ4n) is 3.67. The second kappa shape index (κ2) is 7.60. The summed E-state index contributed by atoms with van der Waals surface area (Å²) in [7, 11) is 0. The normalized spacial score (nSPS) is 14.3. The molecule has 0 heterocycles. The minimum absolute atomic E-state index is 0.0190. The molecule has 1 saturated carbocycles. The first kappa shape index (κ1) is 18.0. The maximum Gasteiger partial charge on any atom is 0.335 e. The molecule has 0 unspecified atom stereocenters. The van der Waals surface area contributed by atoms with Crippen LogP contribution in [-0.2, 0) is 0 Å². The van der Waals surface area contributed by atoms with E-state index in [2.05, 4.69) is 5.32 Å². The molecule has 2 aromatic rings. The Morgan fingerprint density at radius 3 is 2.19 bits per heavy atom. The van der Waals surface area contributed by atoms with E-state index in [4.69, 9.17) is 0 Å². The Morgan fingerprint density at radius 2 is 1.62 bits per heavy atom. The van der Waals surface area contributed by atoms with Crippen molar-refractivity contribution in [3.63, 3.8) is 0 Å². The Labute approximate surface area is 152 Å². The highest BCUT2D eigenvalue weighted by Crippen LogP contribution is 2.32. The standard InChI is InChI=1S/C21H23NO4/c1-13-17(20(23)24)10-15(11-18(13)21(25)26)16-8-4-5-9-19(16)22-12-14-6-2-3-7-14/h4-5,8-11,14,22H,2-3,6-7,12H2,1H3,(H,23,24)(H,25,26). The van der Waals surface area contributed by atoms with E-state index in [1.54, 1.807) is 12.1 Å². The number of hydrogen-bond donors (Lipinski definition) is 3. The number of carbonyl (C=O) groups is 2. The fraction of sp³-hybridized carbons (Fsp3) is 0.333. The van der Waals surface area contributed by atoms with Crippen LogP contribution in [0.3, 0.4) is 0 Å². The summed E-state index contributed by atoms with van der Waals surface area (Å²) >= 11 is 0. The highest BCUT2D eigenvalue weighted by molar-refractivity contribution is 5.99. The van der Waals surface area contributed by atoms with Crippen molar-refractivity contribution < 1.29 is 19.8 Å². The number of rotatable bonds is 6. The Kier molecular flexibility index (Phi) is 5.26. The highest BCUT2D eigenvalue weighted by Gasteiger charge is 2.19. The van der Waals surface area contributed by atoms with Gasteiger partial charge in [0.05, 0.1) is 11.1 Å². The lowest BCUT2D eigenvalue weighted by Gasteiger charge is -2.17. The van der Waals surface area contributed by atoms with Gasteiger partial charge in [0, 0.05) is 17.8 Å². The molecule has 0 spiro atoms. The molecule has 1 aliphatic rings. The summed E-state index contributed by atoms with van der Waals surface area (Å²) in [5.74, 6) is -1.59. The molecule has 0 saturated heterocycles. The van der Waals surface area contributed by atoms with Gasteiger partial charge in [-0.1, -0.05) is 31.0 Å². The number of carboxylic acids is 2. The van der Waals surface area contributed by atoms with E-state index in [9.17, 15) is 19.8 Å². The second-order valence-electron chi connectivity index (χ2n) is 6.88. The molecule has 5 nitrogen and oxygen atoms in total. The van der Waals surface area contributed by atoms with Gasteiger partial charge in [-0.05, 0) is 55.0 Å². The third-order valence-electron chi connectivity index (χ3n) is 5.16. The average molecular weight is 353 g/mol. The zero-order chi connectivity index (χ0) is 18.7. The van der Waals surface area contributed by atoms with Crippen LogP contribution in [0.2, 0.25) is 0 Å². The van der Waals surface area contributed by atoms with Crippen LogP contribution in [0.5, 0.6) is 0 Å². The summed E-state index contributed by atoms with van der Waals surface area (Å²) in [6, 6.07) is 10.7. The smallest absolute Gasteiger partial charge is 0.335 e. The monoisotopic (exact) mass is 353 g/mol. The second-order valence-corrected chi connectivity index (χ2v) is 6.88. The van der Waals surface area contributed by atoms with Crippen LogP contribution in [0.4, 0.5) is 5.69 Å². The minimum Gasteiger partial charge on any atom is -0.478 e. The number of nitrogens with one attached hydrogen (secondary N) is 1. The Morgan fingerprint density at radius 1 is 1.04 bits per heavy atom. The highest BCUT2D eigenvalue weighted by atomic mass is 16.4. The third-order valence-corrected chi connectivity index (χ3v) is 5.16. The molecule has 5 heteroatoms. The van der Waals surface area contributed by atoms with Crippen LogP contribution in [0.1, 0.15) is 52.0 Å². The van der Waals surface area contributed by atoms with Gasteiger partial charge >= 0.3 is 11.9 Å². The number of aromatic carboxylic acids is 2. The van der Waals surface area contributed by atoms with E-state index in [1.165, 1.54) is 32.6 Å². The van der Waals surface area contributed by atoms with Crippen molar-refractivity contribution >= 4 is 17.6 Å². The van der Waals surface area contributed by atoms with Gasteiger partial charge in [-0.15, -0.1) is 0 Å². The lowest BCUT2D eigenvalue weighted by molar-refractivity contribution is 0.0696. The molecule has 3 rings (SSSR count). The van der Waals surface area contributed by atoms with E-state index in [1.807, 2.05) is 24.3 Å². The van der Waals surface area contributed by atoms with Gasteiger partial charge in [0.2, 0.25) is 0 Å². The van der Waals surface area contributed by atoms with Gasteiger partial charge in [0.15, 0.2) is 0 Å². The third kappa shape index (κ3) is 3.72. The number of para-hydroxylation sites is 1. The molecule has 0 amide bonds. The van der Waals surface area contributed by atoms with Crippen LogP contribution in [0.15, 0.2) is 36.4 Å². The molecule has 136 valence electrons. The van der Waals surface area contributed by atoms with Gasteiger partial charge in [0.25, 0.3) is 0 Å². The quantitative estimate of drug-likeness (QED) is 0.703. The summed E-state index contributed by atoms with van der Waals surface area (Å²) in [4.78, 5) is 23.1. The first-order valence-corrected chi connectivity index (χ1v) is 8.92. The first-order chi connectivity index (χ1) is 12.5. The summed E-state index contributed by atoms with van der Waals surface area (Å²) in [5, 5.41) is 22.4. The van der Waals surface area contributed by atoms with E-state index in [0.29, 0.717) is 11.5 Å². The lowest BCUT2D eigenvalue weighted by Crippen LogP contribution is -2.12. The van der Waals surface area contributed by atoms with Crippen molar-refractivity contribution in [1.29, 1.82) is 0 Å². The largest absolute Gasteiger partial charge is 0.478 e. The van der Waals surface area contributed by atoms with E-state index >= 15 is 0 Å². The van der Waals surface area contributed by atoms with Crippen molar-refractivity contribution in [2.24, 2.45) is 5.92 Å². The summed E-state index contributed by atoms with van der Waals surface area (Å²) in [5.41, 5.74) is 2.62. The summed E-state index contributed by atoms with van der Waals surface area (Å²) in [6.07, 6.45) is 5.00. The molecule has 0 bridgehead atoms. The number of hydrogen-bond acceptors (Lipinski definition) is 3. The molecule has 0 aliphatic heterocycles. The fourth-order valence-corrected chi connectivity index (χ4v) is 3.67. The van der Waals surface area contributed by atoms with Crippen molar-refractivity contribution in [2.75, 3.05) is 11.9 Å². The van der Waals surface area contributed by atoms with Crippen molar-refractivity contribution in [2.45, 2.75) is 32.6 Å². The summed E-state index contributed by atoms with van der Waals surface area (Å²) in [6.45, 7) is 2.40. The Balaban J connectivity index is 2.00. The molecule has 0 atom stereocenters. The predicted molar refractivity (Wildman–Crippen MR) is 101 cm³/mol. The van der Waals surface area contributed by atoms with Crippen molar-refractivity contribution in [1.82, 2.24) is 0 Å². The van der Waals surface area contributed by atoms with Crippen LogP contribution >= 0.6 is 0 Å². The van der Waals surface area contributed by atoms with E-state index in [0.717, 1.165) is 17.8 Å². The van der Waals surface area contributed by atoms with Gasteiger partial charge in [-0.3, -0.25) is 0 Å². The summed E-state index contributed by atoms with van der Waals surface area (Å²) < 4.78 is 0. The molecule has 0 radical (unpaired) electrons. The lowest BCUT2D eigenvalue weighted by atomic mass is 9.94. The Hall–Kier alpha value is -2.82. The molecule has 3 N–H and O–H groups in total. The van der Waals surface area contributed by atoms with Crippen LogP contribution in [-0.4, -0.2) is 28.7 Å². The Bertz CT molecular complexity index is 803. The number of anilines is 1. The number of benzene rings is 2.